The Morgan fingerprint density at radius 3 is 2.71 bits per heavy atom. The van der Waals surface area contributed by atoms with Gasteiger partial charge in [-0.3, -0.25) is 4.79 Å². The second-order valence-corrected chi connectivity index (χ2v) is 7.97. The maximum absolute atomic E-state index is 12.5. The van der Waals surface area contributed by atoms with Crippen LogP contribution in [0.4, 0.5) is 10.5 Å². The fourth-order valence-electron chi connectivity index (χ4n) is 3.78. The number of likely N-dealkylation sites (tertiary alicyclic amines) is 1. The van der Waals surface area contributed by atoms with E-state index in [2.05, 4.69) is 5.32 Å². The zero-order chi connectivity index (χ0) is 19.7. The van der Waals surface area contributed by atoms with Gasteiger partial charge in [0.25, 0.3) is 5.91 Å². The van der Waals surface area contributed by atoms with Gasteiger partial charge in [0.05, 0.1) is 6.54 Å². The number of hydrogen-bond acceptors (Lipinski definition) is 5. The van der Waals surface area contributed by atoms with Gasteiger partial charge in [-0.2, -0.15) is 0 Å². The maximum Gasteiger partial charge on any atom is 0.407 e. The van der Waals surface area contributed by atoms with E-state index in [-0.39, 0.29) is 18.4 Å². The lowest BCUT2D eigenvalue weighted by molar-refractivity contribution is 0.0977. The van der Waals surface area contributed by atoms with Crippen LogP contribution < -0.4 is 11.1 Å². The minimum Gasteiger partial charge on any atom is -0.465 e. The highest BCUT2D eigenvalue weighted by Gasteiger charge is 2.51. The molecule has 2 aliphatic heterocycles. The lowest BCUT2D eigenvalue weighted by atomic mass is 9.81. The number of amides is 2. The lowest BCUT2D eigenvalue weighted by Crippen LogP contribution is -2.42. The van der Waals surface area contributed by atoms with Crippen molar-refractivity contribution in [3.63, 3.8) is 0 Å². The van der Waals surface area contributed by atoms with Gasteiger partial charge in [0.2, 0.25) is 0 Å². The Balaban J connectivity index is 1.70. The number of carboxylic acid groups (broad SMARTS) is 1. The summed E-state index contributed by atoms with van der Waals surface area (Å²) >= 11 is 1.44. The van der Waals surface area contributed by atoms with Crippen molar-refractivity contribution >= 4 is 34.6 Å². The number of aliphatic imine (C=N–C) groups is 1. The molecule has 2 aliphatic rings. The van der Waals surface area contributed by atoms with Gasteiger partial charge < -0.3 is 21.1 Å². The first-order chi connectivity index (χ1) is 13.5. The van der Waals surface area contributed by atoms with Gasteiger partial charge >= 0.3 is 6.09 Å². The smallest absolute Gasteiger partial charge is 0.407 e. The van der Waals surface area contributed by atoms with Crippen molar-refractivity contribution in [1.29, 1.82) is 0 Å². The van der Waals surface area contributed by atoms with Crippen LogP contribution in [-0.4, -0.2) is 46.0 Å². The van der Waals surface area contributed by atoms with E-state index in [0.717, 1.165) is 5.56 Å². The van der Waals surface area contributed by atoms with Crippen LogP contribution in [0.1, 0.15) is 15.9 Å². The van der Waals surface area contributed by atoms with Gasteiger partial charge in [-0.25, -0.2) is 9.79 Å². The Labute approximate surface area is 166 Å². The third-order valence-electron chi connectivity index (χ3n) is 5.18. The molecule has 8 heteroatoms. The molecule has 4 rings (SSSR count). The van der Waals surface area contributed by atoms with Crippen LogP contribution in [0.25, 0.3) is 0 Å². The van der Waals surface area contributed by atoms with Crippen LogP contribution in [0.5, 0.6) is 0 Å². The molecule has 2 heterocycles. The van der Waals surface area contributed by atoms with E-state index in [0.29, 0.717) is 28.7 Å². The molecule has 1 fully saturated rings. The van der Waals surface area contributed by atoms with Crippen molar-refractivity contribution in [1.82, 2.24) is 10.2 Å². The average Bonchev–Trinajstić information content (AvgIpc) is 3.09. The van der Waals surface area contributed by atoms with Gasteiger partial charge in [-0.05, 0) is 29.8 Å². The highest BCUT2D eigenvalue weighted by molar-refractivity contribution is 8.13. The number of nitrogens with one attached hydrogen (secondary N) is 1. The lowest BCUT2D eigenvalue weighted by Gasteiger charge is -2.35. The summed E-state index contributed by atoms with van der Waals surface area (Å²) in [7, 11) is 0. The molecular weight excluding hydrogens is 376 g/mol. The molecule has 2 aromatic rings. The topological polar surface area (TPSA) is 108 Å². The molecule has 4 N–H and O–H groups in total. The number of benzene rings is 2. The fourth-order valence-corrected chi connectivity index (χ4v) is 4.91. The molecule has 0 spiro atoms. The third-order valence-corrected chi connectivity index (χ3v) is 6.22. The summed E-state index contributed by atoms with van der Waals surface area (Å²) in [5.41, 5.74) is 7.24. The number of rotatable bonds is 2. The number of fused-ring (bicyclic) bond motifs is 1. The molecule has 2 atom stereocenters. The van der Waals surface area contributed by atoms with E-state index in [9.17, 15) is 14.7 Å². The van der Waals surface area contributed by atoms with E-state index < -0.39 is 11.6 Å². The van der Waals surface area contributed by atoms with E-state index in [1.807, 2.05) is 24.3 Å². The minimum atomic E-state index is -0.965. The van der Waals surface area contributed by atoms with E-state index >= 15 is 0 Å². The summed E-state index contributed by atoms with van der Waals surface area (Å²) < 4.78 is 0. The quantitative estimate of drug-likeness (QED) is 0.676. The van der Waals surface area contributed by atoms with Crippen LogP contribution in [0.15, 0.2) is 59.6 Å². The summed E-state index contributed by atoms with van der Waals surface area (Å²) in [5.74, 6) is 0.431. The molecule has 28 heavy (non-hydrogen) atoms. The Bertz CT molecular complexity index is 949. The standard InChI is InChI=1S/C20H20N4O3S/c21-16-8-4-7-14(9-16)20-12-24(19(26)27)10-15(20)11-28-18(23-20)22-17(25)13-5-2-1-3-6-13/h1-9,15H,10-12,21H2,(H,26,27)(H,22,23,25)/t15-,20?/m0/s1. The number of hydrogen-bond donors (Lipinski definition) is 3. The van der Waals surface area contributed by atoms with Gasteiger partial charge in [0.15, 0.2) is 5.17 Å². The summed E-state index contributed by atoms with van der Waals surface area (Å²) in [5, 5.41) is 12.9. The molecule has 0 aliphatic carbocycles. The predicted octanol–water partition coefficient (Wildman–Crippen LogP) is 2.61. The number of nitrogen functional groups attached to an aromatic ring is 1. The van der Waals surface area contributed by atoms with Crippen LogP contribution in [0, 0.1) is 5.92 Å². The molecule has 1 saturated heterocycles. The van der Waals surface area contributed by atoms with E-state index in [1.54, 1.807) is 30.3 Å². The summed E-state index contributed by atoms with van der Waals surface area (Å²) in [4.78, 5) is 30.4. The van der Waals surface area contributed by atoms with Crippen LogP contribution >= 0.6 is 11.8 Å². The molecule has 0 aromatic heterocycles. The molecule has 7 nitrogen and oxygen atoms in total. The van der Waals surface area contributed by atoms with Crippen molar-refractivity contribution in [2.45, 2.75) is 5.54 Å². The van der Waals surface area contributed by atoms with Gasteiger partial charge in [0.1, 0.15) is 5.54 Å². The van der Waals surface area contributed by atoms with Gasteiger partial charge in [-0.1, -0.05) is 42.1 Å². The van der Waals surface area contributed by atoms with Crippen molar-refractivity contribution in [2.75, 3.05) is 24.6 Å². The first kappa shape index (κ1) is 18.4. The number of thioether (sulfide) groups is 1. The number of carbonyl (C=O) groups is 2. The first-order valence-corrected chi connectivity index (χ1v) is 9.89. The van der Waals surface area contributed by atoms with Crippen LogP contribution in [0.3, 0.4) is 0 Å². The minimum absolute atomic E-state index is 0.00720. The highest BCUT2D eigenvalue weighted by atomic mass is 32.2. The van der Waals surface area contributed by atoms with Crippen molar-refractivity contribution in [2.24, 2.45) is 10.9 Å². The number of carbonyl (C=O) groups excluding carboxylic acids is 1. The summed E-state index contributed by atoms with van der Waals surface area (Å²) in [6.07, 6.45) is -0.965. The Hall–Kier alpha value is -3.00. The zero-order valence-corrected chi connectivity index (χ0v) is 15.9. The van der Waals surface area contributed by atoms with Gasteiger partial charge in [0, 0.05) is 29.5 Å². The number of anilines is 1. The van der Waals surface area contributed by atoms with Crippen molar-refractivity contribution in [3.05, 3.63) is 65.7 Å². The Kier molecular flexibility index (Phi) is 4.72. The van der Waals surface area contributed by atoms with E-state index in [4.69, 9.17) is 10.7 Å². The maximum atomic E-state index is 12.5. The largest absolute Gasteiger partial charge is 0.465 e. The second-order valence-electron chi connectivity index (χ2n) is 6.96. The zero-order valence-electron chi connectivity index (χ0n) is 15.0. The van der Waals surface area contributed by atoms with Crippen molar-refractivity contribution in [3.8, 4) is 0 Å². The van der Waals surface area contributed by atoms with Crippen LogP contribution in [0.2, 0.25) is 0 Å². The molecule has 2 amide bonds. The molecule has 0 saturated carbocycles. The molecule has 0 bridgehead atoms. The van der Waals surface area contributed by atoms with Crippen LogP contribution in [-0.2, 0) is 5.54 Å². The molecule has 2 aromatic carbocycles. The summed E-state index contributed by atoms with van der Waals surface area (Å²) in [6.45, 7) is 0.641. The molecule has 144 valence electrons. The second kappa shape index (κ2) is 7.20. The fraction of sp³-hybridized carbons (Fsp3) is 0.250. The van der Waals surface area contributed by atoms with E-state index in [1.165, 1.54) is 16.7 Å². The normalized spacial score (nSPS) is 23.6. The Morgan fingerprint density at radius 2 is 2.00 bits per heavy atom. The summed E-state index contributed by atoms with van der Waals surface area (Å²) in [6, 6.07) is 16.3. The molecule has 0 radical (unpaired) electrons. The SMILES string of the molecule is Nc1cccc(C23CN(C(=O)O)C[C@H]2CSC(NC(=O)c2ccccc2)=N3)c1. The monoisotopic (exact) mass is 396 g/mol. The number of amidine groups is 1. The molecule has 1 unspecified atom stereocenters. The first-order valence-electron chi connectivity index (χ1n) is 8.91. The Morgan fingerprint density at radius 1 is 1.21 bits per heavy atom. The highest BCUT2D eigenvalue weighted by Crippen LogP contribution is 2.46. The number of nitrogens with zero attached hydrogens (tertiary/aromatic N) is 2. The number of nitrogens with two attached hydrogens (primary N) is 1. The predicted molar refractivity (Wildman–Crippen MR) is 109 cm³/mol. The van der Waals surface area contributed by atoms with Crippen molar-refractivity contribution < 1.29 is 14.7 Å². The average molecular weight is 396 g/mol. The third kappa shape index (κ3) is 3.31. The molecular formula is C20H20N4O3S. The van der Waals surface area contributed by atoms with Gasteiger partial charge in [-0.15, -0.1) is 0 Å².